The van der Waals surface area contributed by atoms with Crippen LogP contribution in [0.2, 0.25) is 40.2 Å². The first-order valence-corrected chi connectivity index (χ1v) is 44.0. The molecule has 0 saturated carbocycles. The molecule has 128 heavy (non-hydrogen) atoms. The number of carbonyl (C=O) groups excluding carboxylic acids is 8. The highest BCUT2D eigenvalue weighted by Crippen LogP contribution is 2.29. The van der Waals surface area contributed by atoms with Crippen LogP contribution >= 0.6 is 92.8 Å². The van der Waals surface area contributed by atoms with Crippen molar-refractivity contribution in [3.8, 4) is 0 Å². The molecule has 2 fully saturated rings. The van der Waals surface area contributed by atoms with Gasteiger partial charge in [-0.3, -0.25) is 54.2 Å². The molecule has 3 heterocycles. The Balaban J connectivity index is 0.000000155. The van der Waals surface area contributed by atoms with Gasteiger partial charge in [0.2, 0.25) is 0 Å². The number of hydrogen-bond acceptors (Lipinski definition) is 13. The molecule has 0 aliphatic carbocycles. The first-order chi connectivity index (χ1) is 61.5. The van der Waals surface area contributed by atoms with Crippen LogP contribution in [-0.2, 0) is 25.7 Å². The van der Waals surface area contributed by atoms with Crippen LogP contribution in [0.5, 0.6) is 0 Å². The first-order valence-electron chi connectivity index (χ1n) is 41.0. The molecule has 0 bridgehead atoms. The topological polar surface area (TPSA) is 278 Å². The third kappa shape index (κ3) is 26.6. The lowest BCUT2D eigenvalue weighted by Gasteiger charge is -2.29. The van der Waals surface area contributed by atoms with Crippen molar-refractivity contribution in [2.24, 2.45) is 4.99 Å². The Kier molecular flexibility index (Phi) is 33.6. The number of ketones is 4. The lowest BCUT2D eigenvalue weighted by atomic mass is 9.97. The average Bonchev–Trinajstić information content (AvgIpc) is 0.870. The summed E-state index contributed by atoms with van der Waals surface area (Å²) in [7, 11) is 2.00. The van der Waals surface area contributed by atoms with Gasteiger partial charge >= 0.3 is 0 Å². The highest BCUT2D eigenvalue weighted by atomic mass is 35.5. The van der Waals surface area contributed by atoms with Gasteiger partial charge in [0.05, 0.1) is 6.54 Å². The fourth-order valence-corrected chi connectivity index (χ4v) is 15.5. The Morgan fingerprint density at radius 3 is 0.781 bits per heavy atom. The number of carbonyl (C=O) groups is 8. The van der Waals surface area contributed by atoms with Crippen molar-refractivity contribution in [3.05, 3.63) is 396 Å². The van der Waals surface area contributed by atoms with Crippen LogP contribution in [0.25, 0.3) is 0 Å². The Morgan fingerprint density at radius 2 is 0.531 bits per heavy atom. The zero-order chi connectivity index (χ0) is 91.1. The van der Waals surface area contributed by atoms with Crippen LogP contribution in [0.15, 0.2) is 272 Å². The highest BCUT2D eigenvalue weighted by molar-refractivity contribution is 6.34. The zero-order valence-corrected chi connectivity index (χ0v) is 75.6. The van der Waals surface area contributed by atoms with Gasteiger partial charge in [-0.2, -0.15) is 0 Å². The van der Waals surface area contributed by atoms with Crippen LogP contribution in [0.4, 0.5) is 22.7 Å². The number of Topliss-reactive ketones (excluding diaryl/α,β-unsaturated/α-hetero) is 4. The number of anilines is 4. The number of hydrogen-bond donors (Lipinski definition) is 7. The maximum Gasteiger partial charge on any atom is 0.256 e. The third-order valence-electron chi connectivity index (χ3n) is 21.3. The average molecular weight is 1870 g/mol. The molecule has 27 heteroatoms. The molecule has 0 aromatic heterocycles. The number of rotatable bonds is 24. The number of piperidine rings is 1. The maximum absolute atomic E-state index is 13.0. The molecule has 2 saturated heterocycles. The summed E-state index contributed by atoms with van der Waals surface area (Å²) in [6.45, 7) is 6.97. The Morgan fingerprint density at radius 1 is 0.297 bits per heavy atom. The monoisotopic (exact) mass is 1860 g/mol. The molecule has 3 aliphatic rings. The number of amidine groups is 3. The Bertz CT molecular complexity index is 6150. The van der Waals surface area contributed by atoms with Gasteiger partial charge in [-0.1, -0.05) is 214 Å². The van der Waals surface area contributed by atoms with Crippen molar-refractivity contribution in [3.63, 3.8) is 0 Å². The van der Waals surface area contributed by atoms with E-state index in [9.17, 15) is 38.4 Å². The highest BCUT2D eigenvalue weighted by Gasteiger charge is 2.25. The summed E-state index contributed by atoms with van der Waals surface area (Å²) in [5.74, 6) is 0.0997. The van der Waals surface area contributed by atoms with E-state index in [2.05, 4.69) is 41.0 Å². The van der Waals surface area contributed by atoms with Crippen molar-refractivity contribution in [2.75, 3.05) is 67.6 Å². The van der Waals surface area contributed by atoms with Crippen LogP contribution in [0.1, 0.15) is 166 Å². The Hall–Kier alpha value is -12.4. The molecule has 19 nitrogen and oxygen atoms in total. The molecule has 0 atom stereocenters. The number of nitrogens with zero attached hydrogens (tertiary/aromatic N) is 4. The van der Waals surface area contributed by atoms with Gasteiger partial charge < -0.3 is 41.4 Å². The van der Waals surface area contributed by atoms with Crippen molar-refractivity contribution >= 4 is 186 Å². The molecule has 15 rings (SSSR count). The minimum absolute atomic E-state index is 0.0590. The summed E-state index contributed by atoms with van der Waals surface area (Å²) in [4.78, 5) is 114. The third-order valence-corrected chi connectivity index (χ3v) is 23.2. The lowest BCUT2D eigenvalue weighted by Crippen LogP contribution is -2.35. The normalized spacial score (nSPS) is 12.6. The van der Waals surface area contributed by atoms with E-state index in [-0.39, 0.29) is 72.4 Å². The number of halogens is 8. The maximum atomic E-state index is 13.0. The van der Waals surface area contributed by atoms with E-state index in [0.717, 1.165) is 93.0 Å². The van der Waals surface area contributed by atoms with Gasteiger partial charge in [0.15, 0.2) is 23.1 Å². The molecule has 12 aromatic carbocycles. The molecule has 4 amide bonds. The van der Waals surface area contributed by atoms with Crippen LogP contribution in [0.3, 0.4) is 0 Å². The summed E-state index contributed by atoms with van der Waals surface area (Å²) in [6, 6.07) is 75.4. The van der Waals surface area contributed by atoms with E-state index >= 15 is 0 Å². The van der Waals surface area contributed by atoms with Gasteiger partial charge in [0, 0.05) is 195 Å². The molecular formula is C101H87Cl8N11O8. The predicted molar refractivity (Wildman–Crippen MR) is 518 cm³/mol. The lowest BCUT2D eigenvalue weighted by molar-refractivity contribution is 0.0980. The molecule has 3 aliphatic heterocycles. The largest absolute Gasteiger partial charge is 0.358 e. The van der Waals surface area contributed by atoms with E-state index in [0.29, 0.717) is 147 Å². The van der Waals surface area contributed by atoms with E-state index in [1.54, 1.807) is 237 Å². The van der Waals surface area contributed by atoms with E-state index < -0.39 is 0 Å². The second-order valence-electron chi connectivity index (χ2n) is 30.5. The molecule has 7 N–H and O–H groups in total. The molecule has 0 radical (unpaired) electrons. The Labute approximate surface area is 782 Å². The number of aliphatic imine (C=N–C) groups is 1. The smallest absolute Gasteiger partial charge is 0.256 e. The second-order valence-corrected chi connectivity index (χ2v) is 33.9. The van der Waals surface area contributed by atoms with Crippen molar-refractivity contribution in [2.45, 2.75) is 64.7 Å². The number of amides is 4. The zero-order valence-electron chi connectivity index (χ0n) is 69.6. The number of nitrogens with one attached hydrogen (secondary N) is 7. The van der Waals surface area contributed by atoms with Gasteiger partial charge in [-0.15, -0.1) is 0 Å². The van der Waals surface area contributed by atoms with Crippen molar-refractivity contribution in [1.82, 2.24) is 14.7 Å². The van der Waals surface area contributed by atoms with Crippen molar-refractivity contribution in [1.29, 1.82) is 16.2 Å². The van der Waals surface area contributed by atoms with Gasteiger partial charge in [-0.25, -0.2) is 0 Å². The van der Waals surface area contributed by atoms with Crippen LogP contribution in [-0.4, -0.2) is 131 Å². The molecule has 650 valence electrons. The fourth-order valence-electron chi connectivity index (χ4n) is 14.3. The van der Waals surface area contributed by atoms with E-state index in [4.69, 9.17) is 109 Å². The van der Waals surface area contributed by atoms with E-state index in [1.807, 2.05) is 43.4 Å². The summed E-state index contributed by atoms with van der Waals surface area (Å²) in [6.07, 6.45) is 5.89. The fraction of sp³-hybridized carbons (Fsp3) is 0.168. The quantitative estimate of drug-likeness (QED) is 0.0170. The summed E-state index contributed by atoms with van der Waals surface area (Å²) < 4.78 is 0. The molecular weight excluding hydrogens is 1780 g/mol. The molecule has 12 aromatic rings. The molecule has 0 unspecified atom stereocenters. The van der Waals surface area contributed by atoms with Gasteiger partial charge in [-0.05, 0) is 212 Å². The minimum atomic E-state index is -0.354. The number of likely N-dealkylation sites (tertiary alicyclic amines) is 2. The number of benzene rings is 12. The summed E-state index contributed by atoms with van der Waals surface area (Å²) in [5.41, 5.74) is 12.1. The predicted octanol–water partition coefficient (Wildman–Crippen LogP) is 24.0. The van der Waals surface area contributed by atoms with Crippen molar-refractivity contribution < 1.29 is 38.4 Å². The SMILES string of the molecule is CC(=N)c1ccc(C(=O)Cc2ccc(Cl)cc2C(=O)Nc2ccc(Cl)cc2)cc1.CN1CCN=C1c1ccc(C(=O)Cc2ccc(Cl)cc2C(=O)Nc2ccc(Cl)cc2)cc1.N=C(c1ccc(C(=O)Cc2ccc(Cl)cc2C(=O)Nc2ccc(Cl)cc2)cc1)N1CCCC1.N=C(c1ccc(C(=O)Cc2ccc(Cl)cc2C(=O)Nc2ccc(Cl)cc2)cc1)N1CCCCC1. The second kappa shape index (κ2) is 45.3. The number of likely N-dealkylation sites (N-methyl/N-ethyl adjacent to an activating group) is 1. The molecule has 0 spiro atoms. The summed E-state index contributed by atoms with van der Waals surface area (Å²) in [5, 5.41) is 39.7. The first kappa shape index (κ1) is 94.7. The van der Waals surface area contributed by atoms with Crippen LogP contribution in [0, 0.1) is 16.2 Å². The van der Waals surface area contributed by atoms with E-state index in [1.165, 1.54) is 6.42 Å². The van der Waals surface area contributed by atoms with Crippen LogP contribution < -0.4 is 21.3 Å². The minimum Gasteiger partial charge on any atom is -0.358 e. The van der Waals surface area contributed by atoms with Gasteiger partial charge in [0.25, 0.3) is 23.6 Å². The summed E-state index contributed by atoms with van der Waals surface area (Å²) >= 11 is 48.1. The van der Waals surface area contributed by atoms with Gasteiger partial charge in [0.1, 0.15) is 17.5 Å². The standard InChI is InChI=1S/C27H25Cl2N3O2.C26H23Cl2N3O2.C25H21Cl2N3O2.C23H18Cl2N2O2/c28-21-10-12-23(13-11-21)31-27(34)24-17-22(29)9-8-20(24)16-25(33)18-4-6-19(7-5-18)26(30)32-14-2-1-3-15-32;27-20-9-11-22(12-10-20)30-26(33)23-16-21(28)8-7-19(23)15-24(32)17-3-5-18(6-4-17)25(29)31-13-1-2-14-31;1-30-13-12-28-24(30)17-4-2-16(3-5-17)23(31)14-18-6-7-20(27)15-22(18)25(32)29-21-10-8-19(26)9-11-21;1-14(26)15-2-4-16(5-3-15)22(28)12-17-6-7-19(25)13-21(17)23(29)27-20-10-8-18(24)9-11-20/h4-13,17,30H,1-3,14-16H2,(H,31,34);3-12,16,29H,1-2,13-15H2,(H,30,33);2-11,15H,12-14H2,1H3,(H,29,32);2-11,13,26H,12H2,1H3,(H,27,29).